The fourth-order valence-corrected chi connectivity index (χ4v) is 2.06. The van der Waals surface area contributed by atoms with Gasteiger partial charge in [-0.05, 0) is 25.8 Å². The van der Waals surface area contributed by atoms with Crippen molar-refractivity contribution in [3.8, 4) is 0 Å². The zero-order valence-electron chi connectivity index (χ0n) is 9.74. The van der Waals surface area contributed by atoms with Gasteiger partial charge in [0.2, 0.25) is 5.91 Å². The van der Waals surface area contributed by atoms with Crippen molar-refractivity contribution >= 4 is 5.91 Å². The van der Waals surface area contributed by atoms with Gasteiger partial charge in [-0.1, -0.05) is 6.92 Å². The summed E-state index contributed by atoms with van der Waals surface area (Å²) in [5.41, 5.74) is 5.42. The predicted octanol–water partition coefficient (Wildman–Crippen LogP) is 0.609. The molecule has 1 aliphatic rings. The summed E-state index contributed by atoms with van der Waals surface area (Å²) in [6.07, 6.45) is 2.77. The maximum atomic E-state index is 12.0. The monoisotopic (exact) mass is 214 g/mol. The van der Waals surface area contributed by atoms with Crippen molar-refractivity contribution in [2.45, 2.75) is 32.3 Å². The topological polar surface area (TPSA) is 55.6 Å². The Kier molecular flexibility index (Phi) is 5.05. The van der Waals surface area contributed by atoms with Gasteiger partial charge in [-0.25, -0.2) is 0 Å². The molecule has 1 aliphatic heterocycles. The van der Waals surface area contributed by atoms with Crippen LogP contribution in [0.3, 0.4) is 0 Å². The van der Waals surface area contributed by atoms with Gasteiger partial charge in [-0.3, -0.25) is 4.79 Å². The van der Waals surface area contributed by atoms with E-state index in [1.165, 1.54) is 0 Å². The zero-order chi connectivity index (χ0) is 11.3. The summed E-state index contributed by atoms with van der Waals surface area (Å²) >= 11 is 0. The third kappa shape index (κ3) is 3.18. The van der Waals surface area contributed by atoms with Gasteiger partial charge in [-0.15, -0.1) is 0 Å². The van der Waals surface area contributed by atoms with Gasteiger partial charge in [0.1, 0.15) is 0 Å². The van der Waals surface area contributed by atoms with E-state index in [1.54, 1.807) is 4.90 Å². The fraction of sp³-hybridized carbons (Fsp3) is 0.909. The minimum Gasteiger partial charge on any atom is -0.377 e. The zero-order valence-corrected chi connectivity index (χ0v) is 9.74. The van der Waals surface area contributed by atoms with Crippen LogP contribution in [0.4, 0.5) is 0 Å². The van der Waals surface area contributed by atoms with E-state index in [-0.39, 0.29) is 17.9 Å². The van der Waals surface area contributed by atoms with Crippen molar-refractivity contribution in [2.75, 3.05) is 26.7 Å². The number of rotatable bonds is 5. The Morgan fingerprint density at radius 1 is 1.60 bits per heavy atom. The molecule has 2 N–H and O–H groups in total. The molecule has 0 bridgehead atoms. The molecule has 2 unspecified atom stereocenters. The second-order valence-corrected chi connectivity index (χ2v) is 4.11. The van der Waals surface area contributed by atoms with Crippen molar-refractivity contribution < 1.29 is 9.53 Å². The molecular formula is C11H22N2O2. The van der Waals surface area contributed by atoms with Gasteiger partial charge in [0.15, 0.2) is 0 Å². The summed E-state index contributed by atoms with van der Waals surface area (Å²) in [5, 5.41) is 0. The minimum atomic E-state index is 0.0674. The number of carbonyl (C=O) groups excluding carboxylic acids is 1. The average molecular weight is 214 g/mol. The molecule has 4 nitrogen and oxygen atoms in total. The van der Waals surface area contributed by atoms with Crippen LogP contribution >= 0.6 is 0 Å². The Morgan fingerprint density at radius 3 is 2.93 bits per heavy atom. The lowest BCUT2D eigenvalue weighted by molar-refractivity contribution is -0.136. The standard InChI is InChI=1S/C11H22N2O2/c1-3-10-9(5-8-15-10)11(14)13(2)7-4-6-12/h9-10H,3-8,12H2,1-2H3. The number of nitrogens with zero attached hydrogens (tertiary/aromatic N) is 1. The van der Waals surface area contributed by atoms with Crippen LogP contribution in [-0.4, -0.2) is 43.7 Å². The van der Waals surface area contributed by atoms with Gasteiger partial charge >= 0.3 is 0 Å². The SMILES string of the molecule is CCC1OCCC1C(=O)N(C)CCCN. The highest BCUT2D eigenvalue weighted by atomic mass is 16.5. The van der Waals surface area contributed by atoms with Gasteiger partial charge in [-0.2, -0.15) is 0 Å². The molecule has 4 heteroatoms. The molecular weight excluding hydrogens is 192 g/mol. The lowest BCUT2D eigenvalue weighted by atomic mass is 9.98. The molecule has 2 atom stereocenters. The number of ether oxygens (including phenoxy) is 1. The number of amides is 1. The molecule has 0 saturated carbocycles. The van der Waals surface area contributed by atoms with Crippen LogP contribution in [0.1, 0.15) is 26.2 Å². The quantitative estimate of drug-likeness (QED) is 0.729. The van der Waals surface area contributed by atoms with Crippen molar-refractivity contribution in [3.63, 3.8) is 0 Å². The summed E-state index contributed by atoms with van der Waals surface area (Å²) < 4.78 is 5.52. The lowest BCUT2D eigenvalue weighted by Crippen LogP contribution is -2.37. The van der Waals surface area contributed by atoms with Gasteiger partial charge in [0.25, 0.3) is 0 Å². The largest absolute Gasteiger partial charge is 0.377 e. The number of nitrogens with two attached hydrogens (primary N) is 1. The number of carbonyl (C=O) groups is 1. The Bertz CT molecular complexity index is 209. The first-order valence-electron chi connectivity index (χ1n) is 5.77. The first-order valence-corrected chi connectivity index (χ1v) is 5.77. The first kappa shape index (κ1) is 12.5. The van der Waals surface area contributed by atoms with Crippen LogP contribution in [0.25, 0.3) is 0 Å². The first-order chi connectivity index (χ1) is 7.20. The summed E-state index contributed by atoms with van der Waals surface area (Å²) in [6.45, 7) is 4.17. The van der Waals surface area contributed by atoms with Crippen LogP contribution in [0.15, 0.2) is 0 Å². The maximum absolute atomic E-state index is 12.0. The van der Waals surface area contributed by atoms with E-state index < -0.39 is 0 Å². The number of hydrogen-bond acceptors (Lipinski definition) is 3. The summed E-state index contributed by atoms with van der Waals surface area (Å²) in [6, 6.07) is 0. The van der Waals surface area contributed by atoms with Gasteiger partial charge < -0.3 is 15.4 Å². The summed E-state index contributed by atoms with van der Waals surface area (Å²) in [4.78, 5) is 13.8. The van der Waals surface area contributed by atoms with E-state index in [9.17, 15) is 4.79 Å². The highest BCUT2D eigenvalue weighted by molar-refractivity contribution is 5.79. The molecule has 15 heavy (non-hydrogen) atoms. The predicted molar refractivity (Wildman–Crippen MR) is 59.4 cm³/mol. The summed E-state index contributed by atoms with van der Waals surface area (Å²) in [5.74, 6) is 0.283. The molecule has 0 aliphatic carbocycles. The third-order valence-electron chi connectivity index (χ3n) is 3.00. The Labute approximate surface area is 91.8 Å². The fourth-order valence-electron chi connectivity index (χ4n) is 2.06. The minimum absolute atomic E-state index is 0.0674. The molecule has 0 aromatic rings. The van der Waals surface area contributed by atoms with Crippen molar-refractivity contribution in [1.29, 1.82) is 0 Å². The molecule has 0 aromatic carbocycles. The van der Waals surface area contributed by atoms with Crippen LogP contribution < -0.4 is 5.73 Å². The average Bonchev–Trinajstić information content (AvgIpc) is 2.72. The Hall–Kier alpha value is -0.610. The van der Waals surface area contributed by atoms with E-state index >= 15 is 0 Å². The van der Waals surface area contributed by atoms with Crippen molar-refractivity contribution in [2.24, 2.45) is 11.7 Å². The Morgan fingerprint density at radius 2 is 2.33 bits per heavy atom. The third-order valence-corrected chi connectivity index (χ3v) is 3.00. The smallest absolute Gasteiger partial charge is 0.228 e. The molecule has 1 heterocycles. The van der Waals surface area contributed by atoms with Gasteiger partial charge in [0.05, 0.1) is 12.0 Å². The van der Waals surface area contributed by atoms with Crippen molar-refractivity contribution in [3.05, 3.63) is 0 Å². The van der Waals surface area contributed by atoms with Crippen LogP contribution in [-0.2, 0) is 9.53 Å². The van der Waals surface area contributed by atoms with E-state index in [2.05, 4.69) is 6.92 Å². The van der Waals surface area contributed by atoms with E-state index in [4.69, 9.17) is 10.5 Å². The maximum Gasteiger partial charge on any atom is 0.228 e. The second kappa shape index (κ2) is 6.08. The highest BCUT2D eigenvalue weighted by Crippen LogP contribution is 2.24. The van der Waals surface area contributed by atoms with E-state index in [0.717, 1.165) is 32.4 Å². The molecule has 1 saturated heterocycles. The lowest BCUT2D eigenvalue weighted by Gasteiger charge is -2.23. The molecule has 0 spiro atoms. The summed E-state index contributed by atoms with van der Waals surface area (Å²) in [7, 11) is 1.85. The second-order valence-electron chi connectivity index (χ2n) is 4.11. The van der Waals surface area contributed by atoms with Crippen LogP contribution in [0.5, 0.6) is 0 Å². The van der Waals surface area contributed by atoms with Crippen LogP contribution in [0.2, 0.25) is 0 Å². The van der Waals surface area contributed by atoms with E-state index in [1.807, 2.05) is 7.05 Å². The molecule has 88 valence electrons. The molecule has 0 aromatic heterocycles. The number of hydrogen-bond donors (Lipinski definition) is 1. The molecule has 1 rings (SSSR count). The molecule has 1 fully saturated rings. The Balaban J connectivity index is 2.44. The highest BCUT2D eigenvalue weighted by Gasteiger charge is 2.34. The van der Waals surface area contributed by atoms with Gasteiger partial charge in [0, 0.05) is 20.2 Å². The normalized spacial score (nSPS) is 25.5. The van der Waals surface area contributed by atoms with Crippen LogP contribution in [0, 0.1) is 5.92 Å². The van der Waals surface area contributed by atoms with Crippen molar-refractivity contribution in [1.82, 2.24) is 4.90 Å². The molecule has 1 amide bonds. The van der Waals surface area contributed by atoms with E-state index in [0.29, 0.717) is 6.54 Å². The molecule has 0 radical (unpaired) electrons.